The van der Waals surface area contributed by atoms with Gasteiger partial charge in [-0.1, -0.05) is 0 Å². The summed E-state index contributed by atoms with van der Waals surface area (Å²) in [5.41, 5.74) is -1.91. The second-order valence-corrected chi connectivity index (χ2v) is 5.04. The van der Waals surface area contributed by atoms with Gasteiger partial charge in [-0.15, -0.1) is 0 Å². The molecule has 22 heavy (non-hydrogen) atoms. The summed E-state index contributed by atoms with van der Waals surface area (Å²) in [6.45, 7) is 0.0749. The predicted molar refractivity (Wildman–Crippen MR) is 67.7 cm³/mol. The van der Waals surface area contributed by atoms with Gasteiger partial charge in [0.2, 0.25) is 0 Å². The summed E-state index contributed by atoms with van der Waals surface area (Å²) in [7, 11) is 0. The highest BCUT2D eigenvalue weighted by Gasteiger charge is 2.36. The Balaban J connectivity index is 2.37. The van der Waals surface area contributed by atoms with E-state index in [-0.39, 0.29) is 13.0 Å². The molecule has 1 aromatic carbocycles. The van der Waals surface area contributed by atoms with Crippen LogP contribution in [0.3, 0.4) is 0 Å². The average molecular weight is 319 g/mol. The van der Waals surface area contributed by atoms with Crippen molar-refractivity contribution < 1.29 is 32.3 Å². The van der Waals surface area contributed by atoms with E-state index in [1.807, 2.05) is 0 Å². The van der Waals surface area contributed by atoms with Gasteiger partial charge in [0, 0.05) is 6.54 Å². The number of halogens is 4. The SMILES string of the molecule is O=C(O)[C@H]1CCCCN1C(=O)c1cc(C(F)(F)F)ccc1F. The molecule has 4 nitrogen and oxygen atoms in total. The van der Waals surface area contributed by atoms with Crippen LogP contribution >= 0.6 is 0 Å². The van der Waals surface area contributed by atoms with Crippen molar-refractivity contribution in [3.05, 3.63) is 35.1 Å². The molecule has 1 fully saturated rings. The number of carbonyl (C=O) groups excluding carboxylic acids is 1. The Morgan fingerprint density at radius 2 is 1.91 bits per heavy atom. The van der Waals surface area contributed by atoms with Crippen molar-refractivity contribution in [1.29, 1.82) is 0 Å². The van der Waals surface area contributed by atoms with Crippen molar-refractivity contribution in [2.45, 2.75) is 31.5 Å². The van der Waals surface area contributed by atoms with Crippen molar-refractivity contribution >= 4 is 11.9 Å². The van der Waals surface area contributed by atoms with Crippen molar-refractivity contribution in [2.75, 3.05) is 6.54 Å². The molecule has 0 spiro atoms. The molecule has 1 aliphatic rings. The number of amides is 1. The van der Waals surface area contributed by atoms with E-state index in [2.05, 4.69) is 0 Å². The monoisotopic (exact) mass is 319 g/mol. The van der Waals surface area contributed by atoms with E-state index < -0.39 is 41.0 Å². The van der Waals surface area contributed by atoms with E-state index in [1.54, 1.807) is 0 Å². The van der Waals surface area contributed by atoms with E-state index in [4.69, 9.17) is 5.11 Å². The van der Waals surface area contributed by atoms with Crippen LogP contribution in [0, 0.1) is 5.82 Å². The Kier molecular flexibility index (Phi) is 4.39. The summed E-state index contributed by atoms with van der Waals surface area (Å²) in [6.07, 6.45) is -3.40. The van der Waals surface area contributed by atoms with Crippen molar-refractivity contribution in [1.82, 2.24) is 4.90 Å². The quantitative estimate of drug-likeness (QED) is 0.853. The molecule has 8 heteroatoms. The molecule has 0 aliphatic carbocycles. The molecule has 2 rings (SSSR count). The minimum Gasteiger partial charge on any atom is -0.480 e. The third-order valence-electron chi connectivity index (χ3n) is 3.57. The summed E-state index contributed by atoms with van der Waals surface area (Å²) in [5.74, 6) is -3.39. The summed E-state index contributed by atoms with van der Waals surface area (Å²) in [4.78, 5) is 24.3. The molecule has 0 radical (unpaired) electrons. The van der Waals surface area contributed by atoms with Gasteiger partial charge in [-0.25, -0.2) is 9.18 Å². The van der Waals surface area contributed by atoms with Crippen LogP contribution in [0.4, 0.5) is 17.6 Å². The van der Waals surface area contributed by atoms with Crippen molar-refractivity contribution in [3.8, 4) is 0 Å². The maximum Gasteiger partial charge on any atom is 0.416 e. The third kappa shape index (κ3) is 3.20. The first-order valence-corrected chi connectivity index (χ1v) is 6.62. The lowest BCUT2D eigenvalue weighted by atomic mass is 10.00. The molecule has 1 saturated heterocycles. The van der Waals surface area contributed by atoms with Crippen LogP contribution in [0.25, 0.3) is 0 Å². The number of carboxylic acids is 1. The smallest absolute Gasteiger partial charge is 0.416 e. The molecular formula is C14H13F4NO3. The molecule has 1 atom stereocenters. The minimum absolute atomic E-state index is 0.0749. The molecule has 1 amide bonds. The van der Waals surface area contributed by atoms with Crippen LogP contribution in [-0.4, -0.2) is 34.5 Å². The normalized spacial score (nSPS) is 19.1. The lowest BCUT2D eigenvalue weighted by molar-refractivity contribution is -0.143. The molecular weight excluding hydrogens is 306 g/mol. The fourth-order valence-corrected chi connectivity index (χ4v) is 2.45. The number of hydrogen-bond donors (Lipinski definition) is 1. The minimum atomic E-state index is -4.71. The number of nitrogens with zero attached hydrogens (tertiary/aromatic N) is 1. The van der Waals surface area contributed by atoms with Crippen LogP contribution in [0.2, 0.25) is 0 Å². The maximum absolute atomic E-state index is 13.7. The molecule has 1 heterocycles. The summed E-state index contributed by atoms with van der Waals surface area (Å²) in [6, 6.07) is 0.382. The van der Waals surface area contributed by atoms with E-state index in [0.29, 0.717) is 31.0 Å². The largest absolute Gasteiger partial charge is 0.480 e. The first-order valence-electron chi connectivity index (χ1n) is 6.62. The van der Waals surface area contributed by atoms with Crippen LogP contribution in [0.15, 0.2) is 18.2 Å². The highest BCUT2D eigenvalue weighted by atomic mass is 19.4. The fraction of sp³-hybridized carbons (Fsp3) is 0.429. The highest BCUT2D eigenvalue weighted by molar-refractivity contribution is 5.97. The van der Waals surface area contributed by atoms with E-state index in [0.717, 1.165) is 4.90 Å². The average Bonchev–Trinajstić information content (AvgIpc) is 2.45. The van der Waals surface area contributed by atoms with Crippen LogP contribution in [0.5, 0.6) is 0 Å². The zero-order valence-corrected chi connectivity index (χ0v) is 11.4. The second kappa shape index (κ2) is 5.94. The molecule has 1 N–H and O–H groups in total. The van der Waals surface area contributed by atoms with Gasteiger partial charge in [0.1, 0.15) is 11.9 Å². The summed E-state index contributed by atoms with van der Waals surface area (Å²) >= 11 is 0. The lowest BCUT2D eigenvalue weighted by Crippen LogP contribution is -2.48. The molecule has 0 saturated carbocycles. The lowest BCUT2D eigenvalue weighted by Gasteiger charge is -2.33. The van der Waals surface area contributed by atoms with E-state index >= 15 is 0 Å². The van der Waals surface area contributed by atoms with Gasteiger partial charge in [0.15, 0.2) is 0 Å². The zero-order valence-electron chi connectivity index (χ0n) is 11.4. The van der Waals surface area contributed by atoms with E-state index in [1.165, 1.54) is 0 Å². The third-order valence-corrected chi connectivity index (χ3v) is 3.57. The van der Waals surface area contributed by atoms with Crippen LogP contribution in [0.1, 0.15) is 35.2 Å². The molecule has 1 aromatic rings. The number of hydrogen-bond acceptors (Lipinski definition) is 2. The highest BCUT2D eigenvalue weighted by Crippen LogP contribution is 2.31. The summed E-state index contributed by atoms with van der Waals surface area (Å²) < 4.78 is 51.7. The van der Waals surface area contributed by atoms with Crippen molar-refractivity contribution in [3.63, 3.8) is 0 Å². The van der Waals surface area contributed by atoms with Gasteiger partial charge in [-0.2, -0.15) is 13.2 Å². The molecule has 0 bridgehead atoms. The standard InChI is InChI=1S/C14H13F4NO3/c15-10-5-4-8(14(16,17)18)7-9(10)12(20)19-6-2-1-3-11(19)13(21)22/h4-5,7,11H,1-3,6H2,(H,21,22)/t11-/m1/s1. The molecule has 1 aliphatic heterocycles. The number of likely N-dealkylation sites (tertiary alicyclic amines) is 1. The topological polar surface area (TPSA) is 57.6 Å². The van der Waals surface area contributed by atoms with E-state index in [9.17, 15) is 27.2 Å². The van der Waals surface area contributed by atoms with Gasteiger partial charge in [0.05, 0.1) is 11.1 Å². The van der Waals surface area contributed by atoms with Gasteiger partial charge in [-0.3, -0.25) is 4.79 Å². The Morgan fingerprint density at radius 1 is 1.23 bits per heavy atom. The Morgan fingerprint density at radius 3 is 2.50 bits per heavy atom. The number of rotatable bonds is 2. The second-order valence-electron chi connectivity index (χ2n) is 5.04. The van der Waals surface area contributed by atoms with Crippen LogP contribution in [-0.2, 0) is 11.0 Å². The maximum atomic E-state index is 13.7. The number of carboxylic acid groups (broad SMARTS) is 1. The molecule has 0 unspecified atom stereocenters. The fourth-order valence-electron chi connectivity index (χ4n) is 2.45. The first-order chi connectivity index (χ1) is 10.2. The Bertz CT molecular complexity index is 600. The van der Waals surface area contributed by atoms with Gasteiger partial charge < -0.3 is 10.0 Å². The Labute approximate surface area is 123 Å². The predicted octanol–water partition coefficient (Wildman–Crippen LogP) is 2.92. The molecule has 120 valence electrons. The number of carbonyl (C=O) groups is 2. The number of piperidine rings is 1. The van der Waals surface area contributed by atoms with Gasteiger partial charge in [0.25, 0.3) is 5.91 Å². The zero-order chi connectivity index (χ0) is 16.5. The van der Waals surface area contributed by atoms with Gasteiger partial charge >= 0.3 is 12.1 Å². The van der Waals surface area contributed by atoms with Gasteiger partial charge in [-0.05, 0) is 37.5 Å². The van der Waals surface area contributed by atoms with Crippen molar-refractivity contribution in [2.24, 2.45) is 0 Å². The first kappa shape index (κ1) is 16.3. The summed E-state index contributed by atoms with van der Waals surface area (Å²) in [5, 5.41) is 9.09. The van der Waals surface area contributed by atoms with Crippen LogP contribution < -0.4 is 0 Å². The molecule has 0 aromatic heterocycles. The Hall–Kier alpha value is -2.12. The number of benzene rings is 1. The number of aliphatic carboxylic acids is 1. The number of alkyl halides is 3.